The average molecular weight is 361 g/mol. The van der Waals surface area contributed by atoms with Crippen LogP contribution in [0.2, 0.25) is 5.02 Å². The molecule has 0 bridgehead atoms. The van der Waals surface area contributed by atoms with Crippen molar-refractivity contribution >= 4 is 17.6 Å². The fourth-order valence-corrected chi connectivity index (χ4v) is 3.76. The summed E-state index contributed by atoms with van der Waals surface area (Å²) in [6.07, 6.45) is 5.44. The first-order valence-corrected chi connectivity index (χ1v) is 9.73. The van der Waals surface area contributed by atoms with Crippen molar-refractivity contribution in [2.24, 2.45) is 4.99 Å². The number of nitrogens with one attached hydrogen (secondary N) is 2. The van der Waals surface area contributed by atoms with Crippen LogP contribution in [0.5, 0.6) is 0 Å². The molecule has 2 unspecified atom stereocenters. The number of hydrogen-bond acceptors (Lipinski definition) is 2. The van der Waals surface area contributed by atoms with Gasteiger partial charge in [-0.25, -0.2) is 0 Å². The van der Waals surface area contributed by atoms with Crippen molar-refractivity contribution in [2.45, 2.75) is 44.2 Å². The molecule has 0 radical (unpaired) electrons. The molecular weight excluding hydrogens is 332 g/mol. The lowest BCUT2D eigenvalue weighted by Gasteiger charge is -2.32. The molecule has 136 valence electrons. The first-order chi connectivity index (χ1) is 12.2. The molecule has 0 spiro atoms. The van der Waals surface area contributed by atoms with Gasteiger partial charge in [-0.2, -0.15) is 0 Å². The Morgan fingerprint density at radius 3 is 2.84 bits per heavy atom. The zero-order chi connectivity index (χ0) is 17.6. The second-order valence-corrected chi connectivity index (χ2v) is 7.42. The number of nitrogens with zero attached hydrogens (tertiary/aromatic N) is 2. The number of rotatable bonds is 6. The summed E-state index contributed by atoms with van der Waals surface area (Å²) in [5.74, 6) is 1.50. The molecule has 2 fully saturated rings. The molecule has 1 aromatic rings. The molecule has 1 aliphatic heterocycles. The molecule has 25 heavy (non-hydrogen) atoms. The molecule has 4 nitrogen and oxygen atoms in total. The molecular formula is C20H29ClN4. The van der Waals surface area contributed by atoms with Gasteiger partial charge in [-0.1, -0.05) is 29.8 Å². The van der Waals surface area contributed by atoms with Gasteiger partial charge in [0, 0.05) is 49.2 Å². The Morgan fingerprint density at radius 2 is 2.16 bits per heavy atom. The largest absolute Gasteiger partial charge is 0.354 e. The van der Waals surface area contributed by atoms with Crippen molar-refractivity contribution in [2.75, 3.05) is 26.2 Å². The molecule has 0 amide bonds. The van der Waals surface area contributed by atoms with Crippen LogP contribution in [0.15, 0.2) is 41.9 Å². The molecule has 0 aromatic heterocycles. The lowest BCUT2D eigenvalue weighted by molar-refractivity contribution is 0.225. The summed E-state index contributed by atoms with van der Waals surface area (Å²) in [7, 11) is 0. The third-order valence-corrected chi connectivity index (χ3v) is 5.26. The Labute approximate surface area is 156 Å². The van der Waals surface area contributed by atoms with E-state index < -0.39 is 0 Å². The van der Waals surface area contributed by atoms with E-state index in [1.807, 2.05) is 18.2 Å². The highest BCUT2D eigenvalue weighted by Gasteiger charge is 2.39. The predicted octanol–water partition coefficient (Wildman–Crippen LogP) is 3.40. The van der Waals surface area contributed by atoms with Gasteiger partial charge in [0.1, 0.15) is 0 Å². The second kappa shape index (κ2) is 8.72. The van der Waals surface area contributed by atoms with E-state index in [4.69, 9.17) is 11.6 Å². The topological polar surface area (TPSA) is 39.7 Å². The third-order valence-electron chi connectivity index (χ3n) is 5.02. The smallest absolute Gasteiger partial charge is 0.191 e. The molecule has 2 N–H and O–H groups in total. The van der Waals surface area contributed by atoms with Crippen molar-refractivity contribution in [1.29, 1.82) is 0 Å². The van der Waals surface area contributed by atoms with Gasteiger partial charge in [-0.05, 0) is 43.9 Å². The van der Waals surface area contributed by atoms with E-state index in [2.05, 4.69) is 46.2 Å². The zero-order valence-corrected chi connectivity index (χ0v) is 15.8. The highest BCUT2D eigenvalue weighted by Crippen LogP contribution is 2.41. The number of piperidine rings is 1. The Morgan fingerprint density at radius 1 is 1.36 bits per heavy atom. The second-order valence-electron chi connectivity index (χ2n) is 6.98. The summed E-state index contributed by atoms with van der Waals surface area (Å²) in [5.41, 5.74) is 1.32. The van der Waals surface area contributed by atoms with E-state index in [9.17, 15) is 0 Å². The maximum Gasteiger partial charge on any atom is 0.191 e. The fourth-order valence-electron chi connectivity index (χ4n) is 3.56. The number of aliphatic imine (C=N–C) groups is 1. The Balaban J connectivity index is 1.50. The molecule has 1 aliphatic carbocycles. The Kier molecular flexibility index (Phi) is 6.38. The van der Waals surface area contributed by atoms with E-state index in [0.29, 0.717) is 18.0 Å². The van der Waals surface area contributed by atoms with Crippen LogP contribution in [-0.2, 0) is 0 Å². The van der Waals surface area contributed by atoms with Gasteiger partial charge in [0.2, 0.25) is 0 Å². The summed E-state index contributed by atoms with van der Waals surface area (Å²) in [4.78, 5) is 7.09. The van der Waals surface area contributed by atoms with E-state index in [1.165, 1.54) is 5.56 Å². The summed E-state index contributed by atoms with van der Waals surface area (Å²) in [5, 5.41) is 8.06. The Hall–Kier alpha value is -1.52. The highest BCUT2D eigenvalue weighted by atomic mass is 35.5. The summed E-state index contributed by atoms with van der Waals surface area (Å²) < 4.78 is 0. The van der Waals surface area contributed by atoms with E-state index >= 15 is 0 Å². The molecule has 3 rings (SSSR count). The van der Waals surface area contributed by atoms with Crippen LogP contribution in [0.4, 0.5) is 0 Å². The van der Waals surface area contributed by atoms with Crippen LogP contribution in [0, 0.1) is 0 Å². The minimum atomic E-state index is 0.456. The Bertz CT molecular complexity index is 607. The molecule has 1 saturated carbocycles. The number of likely N-dealkylation sites (tertiary alicyclic amines) is 1. The van der Waals surface area contributed by atoms with Crippen LogP contribution in [-0.4, -0.2) is 49.1 Å². The van der Waals surface area contributed by atoms with Gasteiger partial charge in [-0.3, -0.25) is 9.89 Å². The minimum absolute atomic E-state index is 0.456. The lowest BCUT2D eigenvalue weighted by atomic mass is 10.1. The lowest BCUT2D eigenvalue weighted by Crippen LogP contribution is -2.49. The van der Waals surface area contributed by atoms with Crippen LogP contribution in [0.3, 0.4) is 0 Å². The van der Waals surface area contributed by atoms with Gasteiger partial charge in [0.15, 0.2) is 5.96 Å². The van der Waals surface area contributed by atoms with Gasteiger partial charge < -0.3 is 10.6 Å². The van der Waals surface area contributed by atoms with Crippen LogP contribution >= 0.6 is 11.6 Å². The predicted molar refractivity (Wildman–Crippen MR) is 107 cm³/mol. The van der Waals surface area contributed by atoms with Crippen molar-refractivity contribution < 1.29 is 0 Å². The molecule has 2 atom stereocenters. The first kappa shape index (κ1) is 18.3. The van der Waals surface area contributed by atoms with Crippen LogP contribution in [0.25, 0.3) is 0 Å². The van der Waals surface area contributed by atoms with Gasteiger partial charge in [0.05, 0.1) is 0 Å². The number of halogens is 1. The standard InChI is InChI=1S/C20H29ClN4/c1-3-10-25-11-8-17(9-12-25)23-20(22-4-2)24-19-14-18(19)15-6-5-7-16(21)13-15/h3,5-7,13,17-19H,1,4,8-12,14H2,2H3,(H2,22,23,24). The van der Waals surface area contributed by atoms with E-state index in [-0.39, 0.29) is 0 Å². The number of benzene rings is 1. The number of hydrogen-bond donors (Lipinski definition) is 2. The average Bonchev–Trinajstić information content (AvgIpc) is 3.36. The fraction of sp³-hybridized carbons (Fsp3) is 0.550. The monoisotopic (exact) mass is 360 g/mol. The van der Waals surface area contributed by atoms with Crippen molar-refractivity contribution in [3.05, 3.63) is 47.5 Å². The summed E-state index contributed by atoms with van der Waals surface area (Å²) in [6, 6.07) is 9.16. The van der Waals surface area contributed by atoms with E-state index in [0.717, 1.165) is 56.4 Å². The zero-order valence-electron chi connectivity index (χ0n) is 15.0. The molecule has 2 aliphatic rings. The highest BCUT2D eigenvalue weighted by molar-refractivity contribution is 6.30. The van der Waals surface area contributed by atoms with Crippen molar-refractivity contribution in [3.63, 3.8) is 0 Å². The molecule has 1 heterocycles. The normalized spacial score (nSPS) is 24.8. The quantitative estimate of drug-likeness (QED) is 0.464. The molecule has 1 saturated heterocycles. The first-order valence-electron chi connectivity index (χ1n) is 9.35. The van der Waals surface area contributed by atoms with E-state index in [1.54, 1.807) is 0 Å². The van der Waals surface area contributed by atoms with Crippen molar-refractivity contribution in [1.82, 2.24) is 15.5 Å². The maximum absolute atomic E-state index is 6.12. The van der Waals surface area contributed by atoms with Crippen LogP contribution in [0.1, 0.15) is 37.7 Å². The van der Waals surface area contributed by atoms with Gasteiger partial charge >= 0.3 is 0 Å². The SMILES string of the molecule is C=CCN1CCC(NC(=NCC)NC2CC2c2cccc(Cl)c2)CC1. The number of guanidine groups is 1. The summed E-state index contributed by atoms with van der Waals surface area (Å²) >= 11 is 6.12. The van der Waals surface area contributed by atoms with Crippen LogP contribution < -0.4 is 10.6 Å². The third kappa shape index (κ3) is 5.23. The van der Waals surface area contributed by atoms with Gasteiger partial charge in [0.25, 0.3) is 0 Å². The maximum atomic E-state index is 6.12. The summed E-state index contributed by atoms with van der Waals surface area (Å²) in [6.45, 7) is 9.94. The molecule has 1 aromatic carbocycles. The minimum Gasteiger partial charge on any atom is -0.354 e. The van der Waals surface area contributed by atoms with Gasteiger partial charge in [-0.15, -0.1) is 6.58 Å². The van der Waals surface area contributed by atoms with Crippen molar-refractivity contribution in [3.8, 4) is 0 Å². The molecule has 5 heteroatoms.